The van der Waals surface area contributed by atoms with Gasteiger partial charge in [-0.05, 0) is 6.07 Å². The second-order valence-corrected chi connectivity index (χ2v) is 5.27. The molecule has 0 amide bonds. The molecule has 0 aliphatic carbocycles. The van der Waals surface area contributed by atoms with Gasteiger partial charge in [0.25, 0.3) is 0 Å². The highest BCUT2D eigenvalue weighted by Crippen LogP contribution is 2.07. The van der Waals surface area contributed by atoms with Gasteiger partial charge in [0.1, 0.15) is 10.7 Å². The van der Waals surface area contributed by atoms with E-state index in [0.717, 1.165) is 18.5 Å². The average Bonchev–Trinajstić information content (AvgIpc) is 2.15. The van der Waals surface area contributed by atoms with Crippen molar-refractivity contribution < 1.29 is 12.8 Å². The minimum atomic E-state index is -3.60. The minimum Gasteiger partial charge on any atom is -0.260 e. The van der Waals surface area contributed by atoms with Crippen molar-refractivity contribution in [3.63, 3.8) is 0 Å². The van der Waals surface area contributed by atoms with Gasteiger partial charge in [-0.3, -0.25) is 4.98 Å². The molecule has 14 heavy (non-hydrogen) atoms. The number of nitrogens with one attached hydrogen (secondary N) is 1. The Bertz CT molecular complexity index is 410. The largest absolute Gasteiger partial charge is 0.260 e. The molecule has 0 unspecified atom stereocenters. The Morgan fingerprint density at radius 2 is 2.21 bits per heavy atom. The maximum absolute atomic E-state index is 12.7. The minimum absolute atomic E-state index is 0.151. The van der Waals surface area contributed by atoms with Crippen LogP contribution in [0.1, 0.15) is 0 Å². The number of halogens is 2. The molecule has 0 fully saturated rings. The molecule has 1 heterocycles. The van der Waals surface area contributed by atoms with Crippen molar-refractivity contribution >= 4 is 32.6 Å². The van der Waals surface area contributed by atoms with Crippen molar-refractivity contribution in [1.82, 2.24) is 9.71 Å². The van der Waals surface area contributed by atoms with Crippen LogP contribution in [-0.2, 0) is 10.0 Å². The molecule has 1 aromatic heterocycles. The zero-order valence-corrected chi connectivity index (χ0v) is 10.0. The summed E-state index contributed by atoms with van der Waals surface area (Å²) in [5.41, 5.74) is 0. The zero-order valence-electron chi connectivity index (χ0n) is 7.07. The fourth-order valence-electron chi connectivity index (χ4n) is 0.796. The first kappa shape index (κ1) is 11.8. The molecule has 1 rings (SSSR count). The number of nitrogens with zero attached hydrogens (tertiary/aromatic N) is 1. The molecule has 0 atom stereocenters. The molecule has 1 aromatic rings. The Labute approximate surface area is 95.1 Å². The van der Waals surface area contributed by atoms with Gasteiger partial charge in [-0.25, -0.2) is 17.5 Å². The number of aromatic nitrogens is 1. The van der Waals surface area contributed by atoms with Crippen LogP contribution in [-0.4, -0.2) is 24.4 Å². The summed E-state index contributed by atoms with van der Waals surface area (Å²) in [6.45, 7) is 0.319. The summed E-state index contributed by atoms with van der Waals surface area (Å²) in [5.74, 6) is -0.664. The highest BCUT2D eigenvalue weighted by atomic mass is 127. The van der Waals surface area contributed by atoms with E-state index in [0.29, 0.717) is 11.0 Å². The molecule has 0 saturated heterocycles. The molecule has 7 heteroatoms. The molecule has 1 N–H and O–H groups in total. The molecule has 0 radical (unpaired) electrons. The summed E-state index contributed by atoms with van der Waals surface area (Å²) in [6, 6.07) is 0.933. The topological polar surface area (TPSA) is 59.1 Å². The van der Waals surface area contributed by atoms with E-state index in [-0.39, 0.29) is 4.90 Å². The van der Waals surface area contributed by atoms with E-state index in [1.54, 1.807) is 0 Å². The molecule has 0 spiro atoms. The average molecular weight is 330 g/mol. The lowest BCUT2D eigenvalue weighted by atomic mass is 10.5. The van der Waals surface area contributed by atoms with E-state index in [2.05, 4.69) is 9.71 Å². The van der Waals surface area contributed by atoms with Crippen LogP contribution < -0.4 is 4.72 Å². The first-order valence-corrected chi connectivity index (χ1v) is 6.73. The first-order chi connectivity index (χ1) is 6.56. The molecule has 0 aliphatic rings. The number of pyridine rings is 1. The van der Waals surface area contributed by atoms with E-state index in [1.165, 1.54) is 0 Å². The van der Waals surface area contributed by atoms with Gasteiger partial charge in [-0.1, -0.05) is 22.6 Å². The van der Waals surface area contributed by atoms with Gasteiger partial charge in [-0.15, -0.1) is 0 Å². The SMILES string of the molecule is O=S(=O)(NCCI)c1cncc(F)c1. The number of sulfonamides is 1. The second-order valence-electron chi connectivity index (χ2n) is 2.43. The van der Waals surface area contributed by atoms with Gasteiger partial charge >= 0.3 is 0 Å². The van der Waals surface area contributed by atoms with Crippen molar-refractivity contribution in [2.75, 3.05) is 11.0 Å². The zero-order chi connectivity index (χ0) is 10.6. The molecule has 0 aliphatic heterocycles. The maximum atomic E-state index is 12.7. The number of hydrogen-bond donors (Lipinski definition) is 1. The maximum Gasteiger partial charge on any atom is 0.242 e. The van der Waals surface area contributed by atoms with Crippen LogP contribution >= 0.6 is 22.6 Å². The van der Waals surface area contributed by atoms with E-state index >= 15 is 0 Å². The standard InChI is InChI=1S/C7H8FIN2O2S/c8-6-3-7(5-10-4-6)14(12,13)11-2-1-9/h3-5,11H,1-2H2. The highest BCUT2D eigenvalue weighted by molar-refractivity contribution is 14.1. The predicted molar refractivity (Wildman–Crippen MR) is 58.3 cm³/mol. The predicted octanol–water partition coefficient (Wildman–Crippen LogP) is 0.934. The summed E-state index contributed by atoms with van der Waals surface area (Å²) in [4.78, 5) is 3.31. The first-order valence-electron chi connectivity index (χ1n) is 3.72. The van der Waals surface area contributed by atoms with Gasteiger partial charge in [0.05, 0.1) is 6.20 Å². The Hall–Kier alpha value is -0.280. The Morgan fingerprint density at radius 3 is 2.79 bits per heavy atom. The van der Waals surface area contributed by atoms with Crippen molar-refractivity contribution in [2.45, 2.75) is 4.90 Å². The second kappa shape index (κ2) is 4.99. The summed E-state index contributed by atoms with van der Waals surface area (Å²) in [5, 5.41) is 0. The van der Waals surface area contributed by atoms with Crippen LogP contribution in [0, 0.1) is 5.82 Å². The Balaban J connectivity index is 2.93. The van der Waals surface area contributed by atoms with Crippen LogP contribution in [0.15, 0.2) is 23.4 Å². The third-order valence-electron chi connectivity index (χ3n) is 1.38. The van der Waals surface area contributed by atoms with Gasteiger partial charge in [-0.2, -0.15) is 0 Å². The van der Waals surface area contributed by atoms with Gasteiger partial charge in [0, 0.05) is 17.2 Å². The normalized spacial score (nSPS) is 11.6. The van der Waals surface area contributed by atoms with Gasteiger partial charge < -0.3 is 0 Å². The summed E-state index contributed by atoms with van der Waals surface area (Å²) in [6.07, 6.45) is 2.07. The van der Waals surface area contributed by atoms with Crippen LogP contribution in [0.2, 0.25) is 0 Å². The molecule has 0 saturated carbocycles. The van der Waals surface area contributed by atoms with Crippen LogP contribution in [0.5, 0.6) is 0 Å². The smallest absolute Gasteiger partial charge is 0.242 e. The Morgan fingerprint density at radius 1 is 1.50 bits per heavy atom. The number of alkyl halides is 1. The lowest BCUT2D eigenvalue weighted by molar-refractivity contribution is 0.578. The molecule has 0 aromatic carbocycles. The fraction of sp³-hybridized carbons (Fsp3) is 0.286. The third-order valence-corrected chi connectivity index (χ3v) is 3.34. The lowest BCUT2D eigenvalue weighted by Crippen LogP contribution is -2.25. The van der Waals surface area contributed by atoms with E-state index in [9.17, 15) is 12.8 Å². The van der Waals surface area contributed by atoms with Crippen molar-refractivity contribution in [1.29, 1.82) is 0 Å². The van der Waals surface area contributed by atoms with Crippen LogP contribution in [0.25, 0.3) is 0 Å². The summed E-state index contributed by atoms with van der Waals surface area (Å²) >= 11 is 2.04. The van der Waals surface area contributed by atoms with Crippen molar-refractivity contribution in [3.8, 4) is 0 Å². The quantitative estimate of drug-likeness (QED) is 0.660. The van der Waals surface area contributed by atoms with Crippen molar-refractivity contribution in [2.24, 2.45) is 0 Å². The summed E-state index contributed by atoms with van der Waals surface area (Å²) in [7, 11) is -3.60. The van der Waals surface area contributed by atoms with Crippen molar-refractivity contribution in [3.05, 3.63) is 24.3 Å². The Kier molecular flexibility index (Phi) is 4.20. The van der Waals surface area contributed by atoms with Gasteiger partial charge in [0.2, 0.25) is 10.0 Å². The van der Waals surface area contributed by atoms with Crippen LogP contribution in [0.4, 0.5) is 4.39 Å². The van der Waals surface area contributed by atoms with E-state index in [1.807, 2.05) is 22.6 Å². The number of hydrogen-bond acceptors (Lipinski definition) is 3. The van der Waals surface area contributed by atoms with Crippen LogP contribution in [0.3, 0.4) is 0 Å². The fourth-order valence-corrected chi connectivity index (χ4v) is 2.44. The molecule has 0 bridgehead atoms. The monoisotopic (exact) mass is 330 g/mol. The van der Waals surface area contributed by atoms with Gasteiger partial charge in [0.15, 0.2) is 0 Å². The lowest BCUT2D eigenvalue weighted by Gasteiger charge is -2.03. The molecular weight excluding hydrogens is 322 g/mol. The highest BCUT2D eigenvalue weighted by Gasteiger charge is 2.13. The van der Waals surface area contributed by atoms with E-state index in [4.69, 9.17) is 0 Å². The molecule has 78 valence electrons. The third kappa shape index (κ3) is 3.14. The van der Waals surface area contributed by atoms with E-state index < -0.39 is 15.8 Å². The summed E-state index contributed by atoms with van der Waals surface area (Å²) < 4.78 is 38.5. The molecule has 4 nitrogen and oxygen atoms in total. The number of rotatable bonds is 4. The molecular formula is C7H8FIN2O2S.